The maximum Gasteiger partial charge on any atom is 0.210 e. The van der Waals surface area contributed by atoms with Crippen LogP contribution in [0.15, 0.2) is 36.4 Å². The van der Waals surface area contributed by atoms with E-state index in [0.29, 0.717) is 34.7 Å². The Balaban J connectivity index is 1.77. The van der Waals surface area contributed by atoms with Crippen LogP contribution in [0.4, 0.5) is 5.82 Å². The second-order valence-electron chi connectivity index (χ2n) is 10.4. The fourth-order valence-corrected chi connectivity index (χ4v) is 5.81. The van der Waals surface area contributed by atoms with E-state index in [1.54, 1.807) is 0 Å². The first-order valence-corrected chi connectivity index (χ1v) is 12.8. The van der Waals surface area contributed by atoms with Crippen LogP contribution in [0.5, 0.6) is 11.5 Å². The molecule has 4 aromatic rings. The van der Waals surface area contributed by atoms with Gasteiger partial charge in [0.25, 0.3) is 0 Å². The number of fused-ring (bicyclic) bond motifs is 2. The molecular weight excluding hydrogens is 484 g/mol. The summed E-state index contributed by atoms with van der Waals surface area (Å²) >= 11 is 6.70. The number of ketones is 1. The van der Waals surface area contributed by atoms with Gasteiger partial charge in [-0.05, 0) is 88.8 Å². The molecule has 1 aliphatic heterocycles. The number of ether oxygens (including phenoxy) is 1. The van der Waals surface area contributed by atoms with E-state index in [-0.39, 0.29) is 17.4 Å². The van der Waals surface area contributed by atoms with E-state index in [1.165, 1.54) is 0 Å². The Bertz CT molecular complexity index is 1630. The van der Waals surface area contributed by atoms with E-state index >= 15 is 0 Å². The van der Waals surface area contributed by atoms with Gasteiger partial charge in [-0.15, -0.1) is 0 Å². The smallest absolute Gasteiger partial charge is 0.210 e. The molecule has 1 unspecified atom stereocenters. The SMILES string of the molecule is Cc1cc(C)c2nc(N)c(C(=O)C3(C)CCc4c(C)c(O)c(C)c(C)c4O3)c(-c3ccccc3Cl)c2c1. The van der Waals surface area contributed by atoms with Gasteiger partial charge in [0.2, 0.25) is 5.78 Å². The van der Waals surface area contributed by atoms with Gasteiger partial charge in [0.1, 0.15) is 17.3 Å². The molecule has 5 rings (SSSR count). The van der Waals surface area contributed by atoms with Crippen LogP contribution in [0.25, 0.3) is 22.0 Å². The molecule has 3 N–H and O–H groups in total. The molecule has 0 bridgehead atoms. The quantitative estimate of drug-likeness (QED) is 0.279. The second kappa shape index (κ2) is 8.77. The van der Waals surface area contributed by atoms with Crippen LogP contribution in [-0.2, 0) is 6.42 Å². The molecule has 2 heterocycles. The third-order valence-corrected chi connectivity index (χ3v) is 8.15. The third-order valence-electron chi connectivity index (χ3n) is 7.82. The lowest BCUT2D eigenvalue weighted by Gasteiger charge is -2.37. The molecule has 0 aliphatic carbocycles. The first kappa shape index (κ1) is 25.1. The molecule has 190 valence electrons. The van der Waals surface area contributed by atoms with Crippen molar-refractivity contribution in [1.82, 2.24) is 4.98 Å². The number of phenols is 1. The topological polar surface area (TPSA) is 85.4 Å². The van der Waals surface area contributed by atoms with Gasteiger partial charge in [-0.25, -0.2) is 4.98 Å². The Labute approximate surface area is 222 Å². The monoisotopic (exact) mass is 514 g/mol. The summed E-state index contributed by atoms with van der Waals surface area (Å²) < 4.78 is 6.54. The summed E-state index contributed by atoms with van der Waals surface area (Å²) in [6, 6.07) is 11.6. The van der Waals surface area contributed by atoms with E-state index in [2.05, 4.69) is 6.07 Å². The lowest BCUT2D eigenvalue weighted by molar-refractivity contribution is 0.0430. The van der Waals surface area contributed by atoms with Crippen molar-refractivity contribution in [3.05, 3.63) is 80.4 Å². The number of phenolic OH excluding ortho intramolecular Hbond substituents is 1. The van der Waals surface area contributed by atoms with Crippen LogP contribution in [0.2, 0.25) is 5.02 Å². The molecule has 0 radical (unpaired) electrons. The minimum Gasteiger partial charge on any atom is -0.507 e. The lowest BCUT2D eigenvalue weighted by Crippen LogP contribution is -2.45. The molecule has 3 aromatic carbocycles. The molecule has 1 aromatic heterocycles. The summed E-state index contributed by atoms with van der Waals surface area (Å²) in [5.41, 5.74) is 13.2. The number of nitrogens with two attached hydrogens (primary N) is 1. The molecule has 1 aliphatic rings. The van der Waals surface area contributed by atoms with Crippen molar-refractivity contribution in [1.29, 1.82) is 0 Å². The fourth-order valence-electron chi connectivity index (χ4n) is 5.58. The largest absolute Gasteiger partial charge is 0.507 e. The molecule has 0 saturated carbocycles. The lowest BCUT2D eigenvalue weighted by atomic mass is 9.81. The Morgan fingerprint density at radius 1 is 1.08 bits per heavy atom. The summed E-state index contributed by atoms with van der Waals surface area (Å²) in [7, 11) is 0. The predicted octanol–water partition coefficient (Wildman–Crippen LogP) is 7.35. The highest BCUT2D eigenvalue weighted by Crippen LogP contribution is 2.46. The summed E-state index contributed by atoms with van der Waals surface area (Å²) in [6.45, 7) is 11.5. The number of nitrogens with zero attached hydrogens (tertiary/aromatic N) is 1. The summed E-state index contributed by atoms with van der Waals surface area (Å²) in [6.07, 6.45) is 1.03. The number of hydrogen-bond donors (Lipinski definition) is 2. The average Bonchev–Trinajstić information content (AvgIpc) is 2.86. The van der Waals surface area contributed by atoms with E-state index < -0.39 is 5.60 Å². The minimum atomic E-state index is -1.17. The number of rotatable bonds is 3. The number of aromatic nitrogens is 1. The van der Waals surface area contributed by atoms with Crippen molar-refractivity contribution in [2.45, 2.75) is 60.0 Å². The van der Waals surface area contributed by atoms with E-state index in [0.717, 1.165) is 49.8 Å². The van der Waals surface area contributed by atoms with Gasteiger partial charge in [-0.1, -0.05) is 41.4 Å². The average molecular weight is 515 g/mol. The highest BCUT2D eigenvalue weighted by molar-refractivity contribution is 6.34. The number of hydrogen-bond acceptors (Lipinski definition) is 5. The van der Waals surface area contributed by atoms with Gasteiger partial charge in [0.05, 0.1) is 11.1 Å². The van der Waals surface area contributed by atoms with Crippen molar-refractivity contribution in [2.75, 3.05) is 5.73 Å². The van der Waals surface area contributed by atoms with Crippen LogP contribution < -0.4 is 10.5 Å². The van der Waals surface area contributed by atoms with Crippen LogP contribution in [0.3, 0.4) is 0 Å². The number of benzene rings is 3. The molecule has 0 saturated heterocycles. The number of pyridine rings is 1. The highest BCUT2D eigenvalue weighted by Gasteiger charge is 2.43. The van der Waals surface area contributed by atoms with Gasteiger partial charge >= 0.3 is 0 Å². The number of carbonyl (C=O) groups is 1. The first-order chi connectivity index (χ1) is 17.4. The van der Waals surface area contributed by atoms with Gasteiger partial charge in [0.15, 0.2) is 5.60 Å². The van der Waals surface area contributed by atoms with E-state index in [9.17, 15) is 9.90 Å². The second-order valence-corrected chi connectivity index (χ2v) is 10.8. The number of anilines is 1. The number of halogens is 1. The van der Waals surface area contributed by atoms with Gasteiger partial charge in [0, 0.05) is 27.1 Å². The van der Waals surface area contributed by atoms with Crippen LogP contribution in [0.1, 0.15) is 57.1 Å². The Hall–Kier alpha value is -3.57. The number of carbonyl (C=O) groups excluding carboxylic acids is 1. The van der Waals surface area contributed by atoms with Crippen molar-refractivity contribution in [3.63, 3.8) is 0 Å². The van der Waals surface area contributed by atoms with Crippen molar-refractivity contribution in [3.8, 4) is 22.6 Å². The molecule has 0 spiro atoms. The summed E-state index contributed by atoms with van der Waals surface area (Å²) in [4.78, 5) is 19.2. The number of aryl methyl sites for hydroxylation is 2. The molecule has 0 fully saturated rings. The fraction of sp³-hybridized carbons (Fsp3) is 0.290. The minimum absolute atomic E-state index is 0.157. The zero-order chi connectivity index (χ0) is 26.8. The maximum absolute atomic E-state index is 14.5. The third kappa shape index (κ3) is 3.84. The highest BCUT2D eigenvalue weighted by atomic mass is 35.5. The van der Waals surface area contributed by atoms with Gasteiger partial charge < -0.3 is 15.6 Å². The Kier molecular flexibility index (Phi) is 5.95. The van der Waals surface area contributed by atoms with Crippen molar-refractivity contribution in [2.24, 2.45) is 0 Å². The summed E-state index contributed by atoms with van der Waals surface area (Å²) in [5, 5.41) is 11.9. The summed E-state index contributed by atoms with van der Waals surface area (Å²) in [5.74, 6) is 0.865. The van der Waals surface area contributed by atoms with Crippen LogP contribution in [0, 0.1) is 34.6 Å². The van der Waals surface area contributed by atoms with Crippen molar-refractivity contribution >= 4 is 34.1 Å². The maximum atomic E-state index is 14.5. The predicted molar refractivity (Wildman–Crippen MR) is 150 cm³/mol. The standard InChI is InChI=1S/C31H31ClN2O3/c1-15-13-16(2)26-22(14-15)24(21-9-7-8-10-23(21)32)25(30(33)34-26)29(36)31(6)12-11-20-19(5)27(35)17(3)18(4)28(20)37-31/h7-10,13-14,35H,11-12H2,1-6H3,(H2,33,34). The zero-order valence-electron chi connectivity index (χ0n) is 22.0. The number of aromatic hydroxyl groups is 1. The van der Waals surface area contributed by atoms with Gasteiger partial charge in [-0.3, -0.25) is 4.79 Å². The van der Waals surface area contributed by atoms with E-state index in [4.69, 9.17) is 27.1 Å². The molecular formula is C31H31ClN2O3. The molecule has 0 amide bonds. The Morgan fingerprint density at radius 3 is 2.49 bits per heavy atom. The van der Waals surface area contributed by atoms with E-state index in [1.807, 2.05) is 71.9 Å². The van der Waals surface area contributed by atoms with Crippen molar-refractivity contribution < 1.29 is 14.6 Å². The molecule has 1 atom stereocenters. The molecule has 37 heavy (non-hydrogen) atoms. The molecule has 5 nitrogen and oxygen atoms in total. The van der Waals surface area contributed by atoms with Crippen LogP contribution in [-0.4, -0.2) is 21.5 Å². The van der Waals surface area contributed by atoms with Gasteiger partial charge in [-0.2, -0.15) is 0 Å². The first-order valence-electron chi connectivity index (χ1n) is 12.5. The number of Topliss-reactive ketones (excluding diaryl/α,β-unsaturated/α-hetero) is 1. The molecule has 6 heteroatoms. The normalized spacial score (nSPS) is 16.9. The zero-order valence-corrected chi connectivity index (χ0v) is 22.8. The Morgan fingerprint density at radius 2 is 1.78 bits per heavy atom. The van der Waals surface area contributed by atoms with Crippen LogP contribution >= 0.6 is 11.6 Å². The number of nitrogen functional groups attached to an aromatic ring is 1.